The predicted molar refractivity (Wildman–Crippen MR) is 104 cm³/mol. The van der Waals surface area contributed by atoms with Crippen LogP contribution >= 0.6 is 11.6 Å². The molecule has 0 bridgehead atoms. The van der Waals surface area contributed by atoms with Gasteiger partial charge in [-0.05, 0) is 25.8 Å². The molecule has 1 unspecified atom stereocenters. The number of nitrogens with zero attached hydrogens (tertiary/aromatic N) is 4. The lowest BCUT2D eigenvalue weighted by atomic mass is 9.90. The molecule has 5 heteroatoms. The molecule has 2 aliphatic heterocycles. The van der Waals surface area contributed by atoms with Gasteiger partial charge < -0.3 is 9.80 Å². The van der Waals surface area contributed by atoms with E-state index in [4.69, 9.17) is 11.6 Å². The Morgan fingerprint density at radius 3 is 2.92 bits per heavy atom. The Kier molecular flexibility index (Phi) is 4.08. The molecule has 0 spiro atoms. The Hall–Kier alpha value is -2.20. The molecule has 0 fully saturated rings. The molecule has 25 heavy (non-hydrogen) atoms. The van der Waals surface area contributed by atoms with E-state index in [2.05, 4.69) is 60.2 Å². The summed E-state index contributed by atoms with van der Waals surface area (Å²) < 4.78 is 1.91. The molecular formula is C20H23ClN4. The van der Waals surface area contributed by atoms with Crippen molar-refractivity contribution in [1.29, 1.82) is 0 Å². The van der Waals surface area contributed by atoms with Crippen LogP contribution in [-0.4, -0.2) is 41.4 Å². The second-order valence-corrected chi connectivity index (χ2v) is 7.38. The number of hydrogen-bond donors (Lipinski definition) is 0. The first-order valence-electron chi connectivity index (χ1n) is 8.69. The standard InChI is InChI=1S/C20H23ClN4/c1-14-6-7-17(21)16(13-14)20-15(5-4-11-23(20)2)18-9-12-25-19(24(18)3)8-10-22-25/h4-5,8-10,12-13,18H,6-7,11H2,1-3H3. The van der Waals surface area contributed by atoms with Gasteiger partial charge in [-0.25, -0.2) is 4.68 Å². The molecule has 0 radical (unpaired) electrons. The summed E-state index contributed by atoms with van der Waals surface area (Å²) in [6, 6.07) is 2.20. The minimum Gasteiger partial charge on any atom is -0.370 e. The van der Waals surface area contributed by atoms with Gasteiger partial charge in [0.2, 0.25) is 0 Å². The van der Waals surface area contributed by atoms with Crippen LogP contribution in [0.2, 0.25) is 0 Å². The molecule has 1 aliphatic carbocycles. The van der Waals surface area contributed by atoms with Gasteiger partial charge in [-0.15, -0.1) is 0 Å². The molecule has 0 amide bonds. The van der Waals surface area contributed by atoms with Gasteiger partial charge >= 0.3 is 0 Å². The lowest BCUT2D eigenvalue weighted by molar-refractivity contribution is 0.458. The molecular weight excluding hydrogens is 332 g/mol. The van der Waals surface area contributed by atoms with E-state index in [1.807, 2.05) is 23.1 Å². The molecule has 4 rings (SSSR count). The highest BCUT2D eigenvalue weighted by molar-refractivity contribution is 6.30. The zero-order chi connectivity index (χ0) is 17.6. The first-order chi connectivity index (χ1) is 12.1. The quantitative estimate of drug-likeness (QED) is 0.797. The summed E-state index contributed by atoms with van der Waals surface area (Å²) in [7, 11) is 4.26. The van der Waals surface area contributed by atoms with Crippen molar-refractivity contribution in [2.45, 2.75) is 25.8 Å². The van der Waals surface area contributed by atoms with Crippen molar-refractivity contribution >= 4 is 23.6 Å². The zero-order valence-corrected chi connectivity index (χ0v) is 15.7. The fourth-order valence-electron chi connectivity index (χ4n) is 3.81. The summed E-state index contributed by atoms with van der Waals surface area (Å²) in [5.74, 6) is 1.09. The summed E-state index contributed by atoms with van der Waals surface area (Å²) in [6.45, 7) is 3.09. The first kappa shape index (κ1) is 16.3. The summed E-state index contributed by atoms with van der Waals surface area (Å²) in [5.41, 5.74) is 5.08. The molecule has 1 aromatic rings. The van der Waals surface area contributed by atoms with Crippen LogP contribution in [0.1, 0.15) is 19.8 Å². The van der Waals surface area contributed by atoms with E-state index in [9.17, 15) is 0 Å². The van der Waals surface area contributed by atoms with Crippen LogP contribution in [0.25, 0.3) is 6.20 Å². The van der Waals surface area contributed by atoms with E-state index in [1.165, 1.54) is 22.4 Å². The van der Waals surface area contributed by atoms with Crippen LogP contribution in [0.15, 0.2) is 64.0 Å². The smallest absolute Gasteiger partial charge is 0.132 e. The Bertz CT molecular complexity index is 853. The van der Waals surface area contributed by atoms with Gasteiger partial charge in [0.15, 0.2) is 0 Å². The maximum absolute atomic E-state index is 6.66. The van der Waals surface area contributed by atoms with E-state index in [-0.39, 0.29) is 6.04 Å². The van der Waals surface area contributed by atoms with Crippen LogP contribution in [0.4, 0.5) is 5.82 Å². The summed E-state index contributed by atoms with van der Waals surface area (Å²) in [6.07, 6.45) is 14.8. The fraction of sp³-hybridized carbons (Fsp3) is 0.350. The van der Waals surface area contributed by atoms with Gasteiger partial charge in [-0.1, -0.05) is 35.4 Å². The lowest BCUT2D eigenvalue weighted by Crippen LogP contribution is -2.38. The third kappa shape index (κ3) is 2.74. The number of rotatable bonds is 2. The highest BCUT2D eigenvalue weighted by Gasteiger charge is 2.29. The first-order valence-corrected chi connectivity index (χ1v) is 9.07. The van der Waals surface area contributed by atoms with Crippen LogP contribution in [0, 0.1) is 0 Å². The number of likely N-dealkylation sites (N-methyl/N-ethyl adjacent to an activating group) is 2. The number of halogens is 1. The molecule has 0 N–H and O–H groups in total. The van der Waals surface area contributed by atoms with Gasteiger partial charge in [0.25, 0.3) is 0 Å². The molecule has 3 aliphatic rings. The maximum Gasteiger partial charge on any atom is 0.132 e. The van der Waals surface area contributed by atoms with Crippen LogP contribution in [0.3, 0.4) is 0 Å². The lowest BCUT2D eigenvalue weighted by Gasteiger charge is -2.37. The van der Waals surface area contributed by atoms with Crippen molar-refractivity contribution in [3.8, 4) is 0 Å². The summed E-state index contributed by atoms with van der Waals surface area (Å²) in [5, 5.41) is 5.30. The zero-order valence-electron chi connectivity index (χ0n) is 14.9. The van der Waals surface area contributed by atoms with Crippen molar-refractivity contribution in [2.75, 3.05) is 25.5 Å². The number of anilines is 1. The van der Waals surface area contributed by atoms with Crippen molar-refractivity contribution in [1.82, 2.24) is 14.7 Å². The average Bonchev–Trinajstić information content (AvgIpc) is 3.07. The van der Waals surface area contributed by atoms with Crippen molar-refractivity contribution in [2.24, 2.45) is 0 Å². The van der Waals surface area contributed by atoms with Crippen LogP contribution < -0.4 is 4.90 Å². The van der Waals surface area contributed by atoms with Gasteiger partial charge in [-0.2, -0.15) is 5.10 Å². The van der Waals surface area contributed by atoms with Gasteiger partial charge in [-0.3, -0.25) is 0 Å². The predicted octanol–water partition coefficient (Wildman–Crippen LogP) is 4.16. The maximum atomic E-state index is 6.66. The molecule has 1 atom stereocenters. The molecule has 4 nitrogen and oxygen atoms in total. The largest absolute Gasteiger partial charge is 0.370 e. The third-order valence-electron chi connectivity index (χ3n) is 5.17. The third-order valence-corrected chi connectivity index (χ3v) is 5.56. The Morgan fingerprint density at radius 1 is 1.24 bits per heavy atom. The fourth-order valence-corrected chi connectivity index (χ4v) is 4.05. The number of aromatic nitrogens is 2. The average molecular weight is 355 g/mol. The minimum atomic E-state index is 0.158. The normalized spacial score (nSPS) is 23.4. The monoisotopic (exact) mass is 354 g/mol. The van der Waals surface area contributed by atoms with E-state index in [0.717, 1.165) is 30.2 Å². The number of allylic oxidation sites excluding steroid dienone is 3. The van der Waals surface area contributed by atoms with Gasteiger partial charge in [0.05, 0.1) is 17.9 Å². The van der Waals surface area contributed by atoms with E-state index < -0.39 is 0 Å². The minimum absolute atomic E-state index is 0.158. The van der Waals surface area contributed by atoms with Crippen molar-refractivity contribution in [3.05, 3.63) is 64.0 Å². The Balaban J connectivity index is 1.84. The molecule has 0 saturated heterocycles. The van der Waals surface area contributed by atoms with E-state index in [1.54, 1.807) is 0 Å². The highest BCUT2D eigenvalue weighted by atomic mass is 35.5. The molecule has 130 valence electrons. The summed E-state index contributed by atoms with van der Waals surface area (Å²) in [4.78, 5) is 4.56. The molecule has 1 aromatic heterocycles. The van der Waals surface area contributed by atoms with E-state index >= 15 is 0 Å². The number of hydrogen-bond acceptors (Lipinski definition) is 3. The van der Waals surface area contributed by atoms with Crippen molar-refractivity contribution in [3.63, 3.8) is 0 Å². The van der Waals surface area contributed by atoms with Gasteiger partial charge in [0.1, 0.15) is 5.82 Å². The topological polar surface area (TPSA) is 24.3 Å². The molecule has 0 aromatic carbocycles. The summed E-state index contributed by atoms with van der Waals surface area (Å²) >= 11 is 6.66. The van der Waals surface area contributed by atoms with Crippen LogP contribution in [0.5, 0.6) is 0 Å². The second-order valence-electron chi connectivity index (χ2n) is 6.93. The molecule has 0 saturated carbocycles. The SMILES string of the molecule is CC1=CC(C2=C(C3C=Cn4nccc4N3C)C=CCN2C)=C(Cl)CC1. The van der Waals surface area contributed by atoms with Gasteiger partial charge in [0, 0.05) is 49.1 Å². The Labute approximate surface area is 154 Å². The van der Waals surface area contributed by atoms with Crippen molar-refractivity contribution < 1.29 is 0 Å². The second kappa shape index (κ2) is 6.26. The van der Waals surface area contributed by atoms with Crippen LogP contribution in [-0.2, 0) is 0 Å². The molecule has 3 heterocycles. The highest BCUT2D eigenvalue weighted by Crippen LogP contribution is 2.37. The van der Waals surface area contributed by atoms with E-state index in [0.29, 0.717) is 0 Å². The number of fused-ring (bicyclic) bond motifs is 1. The Morgan fingerprint density at radius 2 is 2.08 bits per heavy atom.